The van der Waals surface area contributed by atoms with Crippen LogP contribution in [0.2, 0.25) is 0 Å². The molecule has 2 heteroatoms. The van der Waals surface area contributed by atoms with E-state index in [2.05, 4.69) is 4.99 Å². The molecule has 64 valence electrons. The lowest BCUT2D eigenvalue weighted by Gasteiger charge is -2.04. The molecular weight excluding hydrogens is 136 g/mol. The van der Waals surface area contributed by atoms with E-state index < -0.39 is 0 Å². The van der Waals surface area contributed by atoms with Crippen LogP contribution in [-0.2, 0) is 0 Å². The lowest BCUT2D eigenvalue weighted by atomic mass is 10.1. The van der Waals surface area contributed by atoms with Gasteiger partial charge in [-0.2, -0.15) is 0 Å². The minimum Gasteiger partial charge on any atom is -0.387 e. The minimum atomic E-state index is 0.817. The van der Waals surface area contributed by atoms with Gasteiger partial charge < -0.3 is 5.73 Å². The molecule has 0 heterocycles. The van der Waals surface area contributed by atoms with Crippen LogP contribution in [0.4, 0.5) is 0 Å². The molecule has 0 aromatic carbocycles. The third-order valence-electron chi connectivity index (χ3n) is 2.39. The van der Waals surface area contributed by atoms with E-state index in [-0.39, 0.29) is 0 Å². The molecule has 0 atom stereocenters. The van der Waals surface area contributed by atoms with Crippen LogP contribution in [0.1, 0.15) is 39.0 Å². The van der Waals surface area contributed by atoms with E-state index in [1.165, 1.54) is 25.7 Å². The summed E-state index contributed by atoms with van der Waals surface area (Å²) in [4.78, 5) is 4.32. The maximum atomic E-state index is 5.60. The average molecular weight is 154 g/mol. The largest absolute Gasteiger partial charge is 0.387 e. The molecule has 11 heavy (non-hydrogen) atoms. The number of rotatable bonds is 3. The van der Waals surface area contributed by atoms with Gasteiger partial charge in [0.05, 0.1) is 5.84 Å². The van der Waals surface area contributed by atoms with Gasteiger partial charge in [-0.15, -0.1) is 0 Å². The van der Waals surface area contributed by atoms with Gasteiger partial charge in [0.2, 0.25) is 0 Å². The van der Waals surface area contributed by atoms with Gasteiger partial charge in [0.1, 0.15) is 0 Å². The quantitative estimate of drug-likeness (QED) is 0.489. The first-order valence-electron chi connectivity index (χ1n) is 4.61. The van der Waals surface area contributed by atoms with Gasteiger partial charge >= 0.3 is 0 Å². The lowest BCUT2D eigenvalue weighted by Crippen LogP contribution is -2.12. The highest BCUT2D eigenvalue weighted by atomic mass is 14.8. The summed E-state index contributed by atoms with van der Waals surface area (Å²) in [5, 5.41) is 0. The second-order valence-electron chi connectivity index (χ2n) is 3.34. The summed E-state index contributed by atoms with van der Waals surface area (Å²) in [6.07, 6.45) is 6.41. The van der Waals surface area contributed by atoms with Crippen molar-refractivity contribution in [1.82, 2.24) is 0 Å². The van der Waals surface area contributed by atoms with Gasteiger partial charge in [-0.3, -0.25) is 4.99 Å². The van der Waals surface area contributed by atoms with Crippen molar-refractivity contribution in [3.63, 3.8) is 0 Å². The molecule has 1 rings (SSSR count). The van der Waals surface area contributed by atoms with E-state index in [9.17, 15) is 0 Å². The summed E-state index contributed by atoms with van der Waals surface area (Å²) in [7, 11) is 0. The Balaban J connectivity index is 2.19. The van der Waals surface area contributed by atoms with Gasteiger partial charge in [0.25, 0.3) is 0 Å². The molecule has 2 nitrogen and oxygen atoms in total. The Morgan fingerprint density at radius 2 is 2.09 bits per heavy atom. The van der Waals surface area contributed by atoms with E-state index in [1.54, 1.807) is 0 Å². The zero-order valence-electron chi connectivity index (χ0n) is 7.34. The average Bonchev–Trinajstić information content (AvgIpc) is 2.52. The van der Waals surface area contributed by atoms with E-state index in [4.69, 9.17) is 5.73 Å². The highest BCUT2D eigenvalue weighted by molar-refractivity contribution is 5.79. The minimum absolute atomic E-state index is 0.817. The van der Waals surface area contributed by atoms with Crippen LogP contribution in [0.3, 0.4) is 0 Å². The number of aliphatic imine (C=N–C) groups is 1. The van der Waals surface area contributed by atoms with Gasteiger partial charge in [-0.1, -0.05) is 19.8 Å². The summed E-state index contributed by atoms with van der Waals surface area (Å²) >= 11 is 0. The maximum absolute atomic E-state index is 5.60. The van der Waals surface area contributed by atoms with Crippen LogP contribution in [0.15, 0.2) is 4.99 Å². The second kappa shape index (κ2) is 4.37. The number of nitrogens with zero attached hydrogens (tertiary/aromatic N) is 1. The number of nitrogens with two attached hydrogens (primary N) is 1. The zero-order valence-corrected chi connectivity index (χ0v) is 7.34. The normalized spacial score (nSPS) is 21.0. The van der Waals surface area contributed by atoms with E-state index >= 15 is 0 Å². The van der Waals surface area contributed by atoms with Crippen LogP contribution in [0.5, 0.6) is 0 Å². The standard InChI is InChI=1S/C9H18N2/c1-2-9(10)11-7-8-5-3-4-6-8/h8H,2-7H2,1H3,(H2,10,11). The van der Waals surface area contributed by atoms with E-state index in [0.717, 1.165) is 24.7 Å². The van der Waals surface area contributed by atoms with Crippen molar-refractivity contribution in [3.8, 4) is 0 Å². The monoisotopic (exact) mass is 154 g/mol. The smallest absolute Gasteiger partial charge is 0.0934 e. The van der Waals surface area contributed by atoms with Gasteiger partial charge in [-0.25, -0.2) is 0 Å². The first-order valence-corrected chi connectivity index (χ1v) is 4.61. The highest BCUT2D eigenvalue weighted by Crippen LogP contribution is 2.24. The Hall–Kier alpha value is -0.530. The summed E-state index contributed by atoms with van der Waals surface area (Å²) < 4.78 is 0. The summed E-state index contributed by atoms with van der Waals surface area (Å²) in [5.41, 5.74) is 5.60. The zero-order chi connectivity index (χ0) is 8.10. The molecule has 1 fully saturated rings. The lowest BCUT2D eigenvalue weighted by molar-refractivity contribution is 0.562. The van der Waals surface area contributed by atoms with Crippen LogP contribution in [0, 0.1) is 5.92 Å². The van der Waals surface area contributed by atoms with Crippen molar-refractivity contribution >= 4 is 5.84 Å². The number of hydrogen-bond acceptors (Lipinski definition) is 1. The maximum Gasteiger partial charge on any atom is 0.0934 e. The molecular formula is C9H18N2. The topological polar surface area (TPSA) is 38.4 Å². The molecule has 1 aliphatic carbocycles. The molecule has 0 aliphatic heterocycles. The molecule has 0 aromatic rings. The second-order valence-corrected chi connectivity index (χ2v) is 3.34. The van der Waals surface area contributed by atoms with Crippen molar-refractivity contribution in [1.29, 1.82) is 0 Å². The predicted molar refractivity (Wildman–Crippen MR) is 48.7 cm³/mol. The molecule has 0 amide bonds. The molecule has 1 aliphatic rings. The molecule has 0 aromatic heterocycles. The van der Waals surface area contributed by atoms with Crippen molar-refractivity contribution in [2.75, 3.05) is 6.54 Å². The molecule has 2 N–H and O–H groups in total. The fourth-order valence-electron chi connectivity index (χ4n) is 1.55. The van der Waals surface area contributed by atoms with Gasteiger partial charge in [0.15, 0.2) is 0 Å². The first kappa shape index (κ1) is 8.57. The van der Waals surface area contributed by atoms with Crippen molar-refractivity contribution in [2.45, 2.75) is 39.0 Å². The van der Waals surface area contributed by atoms with E-state index in [0.29, 0.717) is 0 Å². The number of amidine groups is 1. The highest BCUT2D eigenvalue weighted by Gasteiger charge is 2.13. The summed E-state index contributed by atoms with van der Waals surface area (Å²) in [5.74, 6) is 1.65. The molecule has 0 bridgehead atoms. The molecule has 0 spiro atoms. The first-order chi connectivity index (χ1) is 5.33. The van der Waals surface area contributed by atoms with Crippen molar-refractivity contribution in [2.24, 2.45) is 16.6 Å². The summed E-state index contributed by atoms with van der Waals surface area (Å²) in [6, 6.07) is 0. The van der Waals surface area contributed by atoms with Gasteiger partial charge in [-0.05, 0) is 18.8 Å². The van der Waals surface area contributed by atoms with E-state index in [1.807, 2.05) is 6.92 Å². The fraction of sp³-hybridized carbons (Fsp3) is 0.889. The van der Waals surface area contributed by atoms with Crippen LogP contribution >= 0.6 is 0 Å². The van der Waals surface area contributed by atoms with Crippen LogP contribution in [-0.4, -0.2) is 12.4 Å². The SMILES string of the molecule is CCC(N)=NCC1CCCC1. The van der Waals surface area contributed by atoms with Gasteiger partial charge in [0, 0.05) is 13.0 Å². The van der Waals surface area contributed by atoms with Crippen molar-refractivity contribution in [3.05, 3.63) is 0 Å². The number of hydrogen-bond donors (Lipinski definition) is 1. The molecule has 0 unspecified atom stereocenters. The van der Waals surface area contributed by atoms with Crippen molar-refractivity contribution < 1.29 is 0 Å². The molecule has 1 saturated carbocycles. The third-order valence-corrected chi connectivity index (χ3v) is 2.39. The third kappa shape index (κ3) is 2.91. The Morgan fingerprint density at radius 1 is 1.45 bits per heavy atom. The Bertz CT molecular complexity index is 134. The molecule has 0 radical (unpaired) electrons. The fourth-order valence-corrected chi connectivity index (χ4v) is 1.55. The Kier molecular flexibility index (Phi) is 3.40. The Labute approximate surface area is 68.9 Å². The van der Waals surface area contributed by atoms with Crippen LogP contribution < -0.4 is 5.73 Å². The van der Waals surface area contributed by atoms with Crippen LogP contribution in [0.25, 0.3) is 0 Å². The predicted octanol–water partition coefficient (Wildman–Crippen LogP) is 1.94. The molecule has 0 saturated heterocycles. The Morgan fingerprint density at radius 3 is 2.64 bits per heavy atom. The summed E-state index contributed by atoms with van der Waals surface area (Å²) in [6.45, 7) is 3.02.